The van der Waals surface area contributed by atoms with Crippen molar-refractivity contribution in [2.24, 2.45) is 5.92 Å². The van der Waals surface area contributed by atoms with Gasteiger partial charge in [0.15, 0.2) is 0 Å². The van der Waals surface area contributed by atoms with Crippen molar-refractivity contribution in [1.29, 1.82) is 5.26 Å². The largest absolute Gasteiger partial charge is 0.398 e. The van der Waals surface area contributed by atoms with Crippen molar-refractivity contribution in [2.75, 3.05) is 30.8 Å². The van der Waals surface area contributed by atoms with Crippen LogP contribution in [0.25, 0.3) is 0 Å². The van der Waals surface area contributed by atoms with E-state index in [0.29, 0.717) is 11.3 Å². The van der Waals surface area contributed by atoms with E-state index in [-0.39, 0.29) is 11.8 Å². The van der Waals surface area contributed by atoms with Gasteiger partial charge in [-0.25, -0.2) is 0 Å². The summed E-state index contributed by atoms with van der Waals surface area (Å²) >= 11 is 0. The highest BCUT2D eigenvalue weighted by atomic mass is 16.1. The molecule has 0 spiro atoms. The van der Waals surface area contributed by atoms with Crippen LogP contribution in [0.3, 0.4) is 0 Å². The molecule has 1 aromatic rings. The second kappa shape index (κ2) is 5.61. The molecule has 5 nitrogen and oxygen atoms in total. The topological polar surface area (TPSA) is 82.2 Å². The summed E-state index contributed by atoms with van der Waals surface area (Å²) in [6.07, 6.45) is 1.68. The van der Waals surface area contributed by atoms with E-state index in [1.807, 2.05) is 12.1 Å². The zero-order valence-electron chi connectivity index (χ0n) is 11.0. The number of rotatable bonds is 2. The van der Waals surface area contributed by atoms with E-state index in [0.717, 1.165) is 31.6 Å². The number of carbonyl (C=O) groups is 1. The van der Waals surface area contributed by atoms with Crippen molar-refractivity contribution < 1.29 is 4.79 Å². The van der Waals surface area contributed by atoms with Crippen LogP contribution in [0.15, 0.2) is 18.2 Å². The number of piperidine rings is 1. The summed E-state index contributed by atoms with van der Waals surface area (Å²) in [6.45, 7) is 1.65. The number of anilines is 2. The average molecular weight is 258 g/mol. The molecule has 1 fully saturated rings. The third-order valence-corrected chi connectivity index (χ3v) is 3.63. The van der Waals surface area contributed by atoms with E-state index in [1.165, 1.54) is 0 Å². The predicted molar refractivity (Wildman–Crippen MR) is 74.6 cm³/mol. The van der Waals surface area contributed by atoms with Crippen LogP contribution in [0.4, 0.5) is 11.4 Å². The molecule has 1 aliphatic rings. The lowest BCUT2D eigenvalue weighted by atomic mass is 9.95. The van der Waals surface area contributed by atoms with Gasteiger partial charge in [-0.3, -0.25) is 4.79 Å². The number of amides is 1. The van der Waals surface area contributed by atoms with Crippen LogP contribution in [0, 0.1) is 17.2 Å². The molecule has 100 valence electrons. The van der Waals surface area contributed by atoms with Crippen LogP contribution in [-0.2, 0) is 4.79 Å². The molecule has 1 amide bonds. The molecule has 2 rings (SSSR count). The molecule has 1 heterocycles. The molecule has 0 atom stereocenters. The minimum atomic E-state index is 0.102. The third kappa shape index (κ3) is 2.79. The Kier molecular flexibility index (Phi) is 3.91. The number of nitrogens with two attached hydrogens (primary N) is 1. The summed E-state index contributed by atoms with van der Waals surface area (Å²) in [7, 11) is 1.67. The van der Waals surface area contributed by atoms with Crippen molar-refractivity contribution in [2.45, 2.75) is 12.8 Å². The molecule has 1 aliphatic heterocycles. The Bertz CT molecular complexity index is 513. The Balaban J connectivity index is 2.06. The zero-order valence-corrected chi connectivity index (χ0v) is 11.0. The first kappa shape index (κ1) is 13.2. The SMILES string of the molecule is CNC(=O)C1CCN(c2ccc(N)c(C#N)c2)CC1. The first-order valence-electron chi connectivity index (χ1n) is 6.42. The maximum absolute atomic E-state index is 11.6. The number of nitrogens with zero attached hydrogens (tertiary/aromatic N) is 2. The van der Waals surface area contributed by atoms with Crippen LogP contribution in [-0.4, -0.2) is 26.0 Å². The summed E-state index contributed by atoms with van der Waals surface area (Å²) in [5.74, 6) is 0.222. The van der Waals surface area contributed by atoms with Crippen molar-refractivity contribution in [1.82, 2.24) is 5.32 Å². The Morgan fingerprint density at radius 1 is 1.47 bits per heavy atom. The Labute approximate surface area is 113 Å². The van der Waals surface area contributed by atoms with E-state index in [1.54, 1.807) is 13.1 Å². The van der Waals surface area contributed by atoms with Crippen LogP contribution in [0.5, 0.6) is 0 Å². The number of carbonyl (C=O) groups excluding carboxylic acids is 1. The second-order valence-electron chi connectivity index (χ2n) is 4.76. The molecule has 0 aliphatic carbocycles. The molecule has 5 heteroatoms. The number of nitrogens with one attached hydrogen (secondary N) is 1. The predicted octanol–water partition coefficient (Wildman–Crippen LogP) is 1.10. The number of nitrogen functional groups attached to an aromatic ring is 1. The molecule has 0 saturated carbocycles. The van der Waals surface area contributed by atoms with Crippen LogP contribution >= 0.6 is 0 Å². The lowest BCUT2D eigenvalue weighted by Gasteiger charge is -2.33. The van der Waals surface area contributed by atoms with Crippen molar-refractivity contribution in [3.63, 3.8) is 0 Å². The first-order chi connectivity index (χ1) is 9.15. The zero-order chi connectivity index (χ0) is 13.8. The Morgan fingerprint density at radius 3 is 2.74 bits per heavy atom. The van der Waals surface area contributed by atoms with Gasteiger partial charge in [-0.2, -0.15) is 5.26 Å². The van der Waals surface area contributed by atoms with Gasteiger partial charge in [0.25, 0.3) is 0 Å². The fourth-order valence-electron chi connectivity index (χ4n) is 2.44. The Hall–Kier alpha value is -2.22. The van der Waals surface area contributed by atoms with Crippen LogP contribution < -0.4 is 16.0 Å². The van der Waals surface area contributed by atoms with E-state index < -0.39 is 0 Å². The van der Waals surface area contributed by atoms with E-state index in [4.69, 9.17) is 11.0 Å². The highest BCUT2D eigenvalue weighted by Crippen LogP contribution is 2.26. The molecular formula is C14H18N4O. The minimum Gasteiger partial charge on any atom is -0.398 e. The fraction of sp³-hybridized carbons (Fsp3) is 0.429. The smallest absolute Gasteiger partial charge is 0.222 e. The number of hydrogen-bond acceptors (Lipinski definition) is 4. The minimum absolute atomic E-state index is 0.102. The molecule has 1 aromatic carbocycles. The monoisotopic (exact) mass is 258 g/mol. The number of hydrogen-bond donors (Lipinski definition) is 2. The summed E-state index contributed by atoms with van der Waals surface area (Å²) < 4.78 is 0. The summed E-state index contributed by atoms with van der Waals surface area (Å²) in [5.41, 5.74) is 7.73. The van der Waals surface area contributed by atoms with Gasteiger partial charge in [0.05, 0.1) is 5.56 Å². The molecule has 0 aromatic heterocycles. The first-order valence-corrected chi connectivity index (χ1v) is 6.42. The Morgan fingerprint density at radius 2 is 2.16 bits per heavy atom. The summed E-state index contributed by atoms with van der Waals surface area (Å²) in [4.78, 5) is 13.8. The van der Waals surface area contributed by atoms with Gasteiger partial charge in [-0.05, 0) is 31.0 Å². The molecule has 0 unspecified atom stereocenters. The van der Waals surface area contributed by atoms with Gasteiger partial charge in [0.2, 0.25) is 5.91 Å². The van der Waals surface area contributed by atoms with Crippen LogP contribution in [0.1, 0.15) is 18.4 Å². The maximum atomic E-state index is 11.6. The van der Waals surface area contributed by atoms with E-state index in [2.05, 4.69) is 16.3 Å². The van der Waals surface area contributed by atoms with Gasteiger partial charge in [-0.1, -0.05) is 0 Å². The number of benzene rings is 1. The number of nitriles is 1. The molecular weight excluding hydrogens is 240 g/mol. The normalized spacial score (nSPS) is 15.9. The molecule has 19 heavy (non-hydrogen) atoms. The van der Waals surface area contributed by atoms with Gasteiger partial charge >= 0.3 is 0 Å². The molecule has 0 radical (unpaired) electrons. The van der Waals surface area contributed by atoms with E-state index in [9.17, 15) is 4.79 Å². The molecule has 0 bridgehead atoms. The highest BCUT2D eigenvalue weighted by Gasteiger charge is 2.24. The average Bonchev–Trinajstić information content (AvgIpc) is 2.47. The van der Waals surface area contributed by atoms with Crippen molar-refractivity contribution in [3.8, 4) is 6.07 Å². The van der Waals surface area contributed by atoms with Gasteiger partial charge in [0, 0.05) is 37.4 Å². The van der Waals surface area contributed by atoms with Gasteiger partial charge in [-0.15, -0.1) is 0 Å². The highest BCUT2D eigenvalue weighted by molar-refractivity contribution is 5.78. The van der Waals surface area contributed by atoms with E-state index >= 15 is 0 Å². The fourth-order valence-corrected chi connectivity index (χ4v) is 2.44. The van der Waals surface area contributed by atoms with Gasteiger partial charge < -0.3 is 16.0 Å². The lowest BCUT2D eigenvalue weighted by Crippen LogP contribution is -2.39. The maximum Gasteiger partial charge on any atom is 0.222 e. The summed E-state index contributed by atoms with van der Waals surface area (Å²) in [6, 6.07) is 7.60. The van der Waals surface area contributed by atoms with Crippen molar-refractivity contribution >= 4 is 17.3 Å². The van der Waals surface area contributed by atoms with Gasteiger partial charge in [0.1, 0.15) is 6.07 Å². The third-order valence-electron chi connectivity index (χ3n) is 3.63. The molecule has 1 saturated heterocycles. The lowest BCUT2D eigenvalue weighted by molar-refractivity contribution is -0.125. The quantitative estimate of drug-likeness (QED) is 0.778. The summed E-state index contributed by atoms with van der Waals surface area (Å²) in [5, 5.41) is 11.7. The molecule has 3 N–H and O–H groups in total. The standard InChI is InChI=1S/C14H18N4O/c1-17-14(19)10-4-6-18(7-5-10)12-2-3-13(16)11(8-12)9-15/h2-3,8,10H,4-7,16H2,1H3,(H,17,19). The van der Waals surface area contributed by atoms with Crippen molar-refractivity contribution in [3.05, 3.63) is 23.8 Å². The van der Waals surface area contributed by atoms with Crippen LogP contribution in [0.2, 0.25) is 0 Å². The second-order valence-corrected chi connectivity index (χ2v) is 4.76.